The number of nitrogens with zero attached hydrogens (tertiary/aromatic N) is 4. The number of hydrogen-bond acceptors (Lipinski definition) is 4. The molecule has 0 bridgehead atoms. The number of aromatic nitrogens is 5. The number of alkyl halides is 2. The number of pyridine rings is 1. The Bertz CT molecular complexity index is 1310. The summed E-state index contributed by atoms with van der Waals surface area (Å²) in [5, 5.41) is 12.6. The van der Waals surface area contributed by atoms with Gasteiger partial charge < -0.3 is 4.74 Å². The first-order valence-electron chi connectivity index (χ1n) is 9.56. The van der Waals surface area contributed by atoms with E-state index in [1.54, 1.807) is 18.3 Å². The minimum absolute atomic E-state index is 0.0693. The highest BCUT2D eigenvalue weighted by Crippen LogP contribution is 2.63. The SMILES string of the molecule is Cc1n[nH]c2nccc(-c3c(-c4ccc(F)cc4)nn4c3OC[C@]3(C4)CC3(F)F)c12. The molecule has 6 rings (SSSR count). The quantitative estimate of drug-likeness (QED) is 0.532. The number of H-pyrrole nitrogens is 1. The Hall–Kier alpha value is -3.36. The molecule has 0 amide bonds. The highest BCUT2D eigenvalue weighted by Gasteiger charge is 2.73. The van der Waals surface area contributed by atoms with Gasteiger partial charge in [-0.25, -0.2) is 22.8 Å². The van der Waals surface area contributed by atoms with Gasteiger partial charge in [-0.15, -0.1) is 0 Å². The van der Waals surface area contributed by atoms with E-state index in [2.05, 4.69) is 20.3 Å². The van der Waals surface area contributed by atoms with Crippen LogP contribution >= 0.6 is 0 Å². The molecule has 1 spiro atoms. The van der Waals surface area contributed by atoms with Gasteiger partial charge in [0.25, 0.3) is 5.92 Å². The molecule has 1 fully saturated rings. The van der Waals surface area contributed by atoms with E-state index < -0.39 is 11.3 Å². The Morgan fingerprint density at radius 3 is 2.67 bits per heavy atom. The smallest absolute Gasteiger partial charge is 0.259 e. The van der Waals surface area contributed by atoms with Crippen molar-refractivity contribution in [2.24, 2.45) is 5.41 Å². The minimum Gasteiger partial charge on any atom is -0.476 e. The maximum atomic E-state index is 14.0. The van der Waals surface area contributed by atoms with Crippen LogP contribution in [-0.4, -0.2) is 37.5 Å². The largest absolute Gasteiger partial charge is 0.476 e. The van der Waals surface area contributed by atoms with Crippen molar-refractivity contribution in [3.8, 4) is 28.3 Å². The molecule has 2 aliphatic rings. The van der Waals surface area contributed by atoms with E-state index in [4.69, 9.17) is 4.74 Å². The third kappa shape index (κ3) is 2.28. The van der Waals surface area contributed by atoms with Crippen LogP contribution in [-0.2, 0) is 6.54 Å². The fraction of sp³-hybridized carbons (Fsp3) is 0.286. The third-order valence-electron chi connectivity index (χ3n) is 6.08. The van der Waals surface area contributed by atoms with Gasteiger partial charge in [-0.3, -0.25) is 5.10 Å². The van der Waals surface area contributed by atoms with Crippen molar-refractivity contribution in [2.75, 3.05) is 6.61 Å². The molecule has 1 N–H and O–H groups in total. The summed E-state index contributed by atoms with van der Waals surface area (Å²) < 4.78 is 48.9. The molecule has 1 atom stereocenters. The molecule has 9 heteroatoms. The number of ether oxygens (including phenoxy) is 1. The second-order valence-corrected chi connectivity index (χ2v) is 8.03. The van der Waals surface area contributed by atoms with Crippen molar-refractivity contribution in [2.45, 2.75) is 25.8 Å². The first-order valence-corrected chi connectivity index (χ1v) is 9.56. The van der Waals surface area contributed by atoms with Gasteiger partial charge in [-0.1, -0.05) is 0 Å². The summed E-state index contributed by atoms with van der Waals surface area (Å²) in [4.78, 5) is 4.32. The van der Waals surface area contributed by atoms with E-state index in [0.717, 1.165) is 16.6 Å². The molecular formula is C21H16F3N5O. The fourth-order valence-corrected chi connectivity index (χ4v) is 4.31. The third-order valence-corrected chi connectivity index (χ3v) is 6.08. The van der Waals surface area contributed by atoms with Gasteiger partial charge in [-0.05, 0) is 37.3 Å². The number of aryl methyl sites for hydroxylation is 1. The van der Waals surface area contributed by atoms with Crippen LogP contribution in [0, 0.1) is 18.2 Å². The predicted octanol–water partition coefficient (Wildman–Crippen LogP) is 4.35. The van der Waals surface area contributed by atoms with Crippen LogP contribution in [0.3, 0.4) is 0 Å². The molecule has 1 aliphatic carbocycles. The molecule has 1 saturated carbocycles. The summed E-state index contributed by atoms with van der Waals surface area (Å²) in [6.45, 7) is 1.86. The minimum atomic E-state index is -2.75. The van der Waals surface area contributed by atoms with Crippen LogP contribution in [0.15, 0.2) is 36.5 Å². The van der Waals surface area contributed by atoms with Crippen molar-refractivity contribution in [3.63, 3.8) is 0 Å². The number of aromatic amines is 1. The van der Waals surface area contributed by atoms with E-state index in [9.17, 15) is 13.2 Å². The second-order valence-electron chi connectivity index (χ2n) is 8.03. The molecule has 0 radical (unpaired) electrons. The van der Waals surface area contributed by atoms with Crippen molar-refractivity contribution in [1.29, 1.82) is 0 Å². The number of nitrogens with one attached hydrogen (secondary N) is 1. The highest BCUT2D eigenvalue weighted by molar-refractivity contribution is 6.00. The van der Waals surface area contributed by atoms with Crippen LogP contribution in [0.4, 0.5) is 13.2 Å². The molecule has 4 heterocycles. The summed E-state index contributed by atoms with van der Waals surface area (Å²) >= 11 is 0. The zero-order valence-corrected chi connectivity index (χ0v) is 15.9. The van der Waals surface area contributed by atoms with E-state index in [1.807, 2.05) is 13.0 Å². The van der Waals surface area contributed by atoms with E-state index in [1.165, 1.54) is 16.8 Å². The van der Waals surface area contributed by atoms with Crippen molar-refractivity contribution >= 4 is 11.0 Å². The monoisotopic (exact) mass is 411 g/mol. The van der Waals surface area contributed by atoms with Crippen LogP contribution in [0.25, 0.3) is 33.4 Å². The Labute approximate surface area is 168 Å². The van der Waals surface area contributed by atoms with Crippen molar-refractivity contribution in [3.05, 3.63) is 48.0 Å². The van der Waals surface area contributed by atoms with Crippen LogP contribution in [0.5, 0.6) is 5.88 Å². The number of halogens is 3. The van der Waals surface area contributed by atoms with Gasteiger partial charge in [0.2, 0.25) is 5.88 Å². The predicted molar refractivity (Wildman–Crippen MR) is 103 cm³/mol. The standard InChI is InChI=1S/C21H16F3N5O/c1-11-15-14(6-7-25-18(15)27-26-11)16-17(12-2-4-13(22)5-3-12)28-29-9-20(8-21(20,23)24)10-30-19(16)29/h2-7H,8-10H2,1H3,(H,25,26,27)/t20-/m1/s1. The summed E-state index contributed by atoms with van der Waals surface area (Å²) in [7, 11) is 0. The Balaban J connectivity index is 1.61. The molecule has 3 aromatic heterocycles. The highest BCUT2D eigenvalue weighted by atomic mass is 19.3. The van der Waals surface area contributed by atoms with E-state index in [0.29, 0.717) is 28.3 Å². The fourth-order valence-electron chi connectivity index (χ4n) is 4.31. The maximum Gasteiger partial charge on any atom is 0.259 e. The van der Waals surface area contributed by atoms with Gasteiger partial charge in [0.15, 0.2) is 5.65 Å². The first-order chi connectivity index (χ1) is 14.4. The molecule has 0 unspecified atom stereocenters. The second kappa shape index (κ2) is 5.62. The first kappa shape index (κ1) is 17.5. The van der Waals surface area contributed by atoms with Gasteiger partial charge in [0, 0.05) is 29.1 Å². The number of benzene rings is 1. The van der Waals surface area contributed by atoms with Gasteiger partial charge >= 0.3 is 0 Å². The maximum absolute atomic E-state index is 14.0. The van der Waals surface area contributed by atoms with Crippen molar-refractivity contribution < 1.29 is 17.9 Å². The molecule has 1 aromatic carbocycles. The average molecular weight is 411 g/mol. The van der Waals surface area contributed by atoms with Gasteiger partial charge in [-0.2, -0.15) is 10.2 Å². The summed E-state index contributed by atoms with van der Waals surface area (Å²) in [6.07, 6.45) is 1.44. The zero-order valence-electron chi connectivity index (χ0n) is 15.9. The Kier molecular flexibility index (Phi) is 3.28. The lowest BCUT2D eigenvalue weighted by molar-refractivity contribution is 0.0154. The molecule has 30 heavy (non-hydrogen) atoms. The lowest BCUT2D eigenvalue weighted by Gasteiger charge is -2.24. The lowest BCUT2D eigenvalue weighted by atomic mass is 9.98. The molecular weight excluding hydrogens is 395 g/mol. The Morgan fingerprint density at radius 1 is 1.17 bits per heavy atom. The van der Waals surface area contributed by atoms with Crippen LogP contribution in [0.1, 0.15) is 12.1 Å². The Morgan fingerprint density at radius 2 is 1.93 bits per heavy atom. The van der Waals surface area contributed by atoms with Crippen LogP contribution < -0.4 is 4.74 Å². The molecule has 6 nitrogen and oxygen atoms in total. The van der Waals surface area contributed by atoms with Crippen LogP contribution in [0.2, 0.25) is 0 Å². The molecule has 0 saturated heterocycles. The molecule has 1 aliphatic heterocycles. The summed E-state index contributed by atoms with van der Waals surface area (Å²) in [5.74, 6) is -2.69. The average Bonchev–Trinajstić information content (AvgIpc) is 3.03. The zero-order chi connectivity index (χ0) is 20.7. The normalized spacial score (nSPS) is 21.6. The van der Waals surface area contributed by atoms with E-state index >= 15 is 0 Å². The number of fused-ring (bicyclic) bond motifs is 2. The summed E-state index contributed by atoms with van der Waals surface area (Å²) in [5.41, 5.74) is 2.80. The molecule has 152 valence electrons. The van der Waals surface area contributed by atoms with Crippen molar-refractivity contribution in [1.82, 2.24) is 25.0 Å². The van der Waals surface area contributed by atoms with Gasteiger partial charge in [0.05, 0.1) is 23.2 Å². The van der Waals surface area contributed by atoms with Gasteiger partial charge in [0.1, 0.15) is 18.1 Å². The molecule has 4 aromatic rings. The topological polar surface area (TPSA) is 68.6 Å². The number of hydrogen-bond donors (Lipinski definition) is 1. The number of rotatable bonds is 2. The van der Waals surface area contributed by atoms with E-state index in [-0.39, 0.29) is 25.4 Å². The lowest BCUT2D eigenvalue weighted by Crippen LogP contribution is -2.31. The summed E-state index contributed by atoms with van der Waals surface area (Å²) in [6, 6.07) is 7.76.